The van der Waals surface area contributed by atoms with E-state index in [0.29, 0.717) is 26.4 Å². The highest BCUT2D eigenvalue weighted by atomic mass is 27.0. The number of rotatable bonds is 12. The molecule has 0 fully saturated rings. The first-order chi connectivity index (χ1) is 10.4. The highest BCUT2D eigenvalue weighted by Gasteiger charge is 2.05. The van der Waals surface area contributed by atoms with Crippen LogP contribution in [0, 0.1) is 0 Å². The van der Waals surface area contributed by atoms with Crippen molar-refractivity contribution in [1.29, 1.82) is 0 Å². The fraction of sp³-hybridized carbons (Fsp3) is 1.00. The fourth-order valence-corrected chi connectivity index (χ4v) is 1.30. The normalized spacial score (nSPS) is 11.6. The van der Waals surface area contributed by atoms with Crippen LogP contribution in [0.3, 0.4) is 0 Å². The molecule has 0 aromatic heterocycles. The Labute approximate surface area is 210 Å². The van der Waals surface area contributed by atoms with Crippen molar-refractivity contribution >= 4 is 34.7 Å². The molecule has 4 unspecified atom stereocenters. The molecule has 0 spiro atoms. The summed E-state index contributed by atoms with van der Waals surface area (Å²) in [5.74, 6) is 0. The first-order valence-corrected chi connectivity index (χ1v) is 7.67. The lowest BCUT2D eigenvalue weighted by Crippen LogP contribution is -2.21. The Kier molecular flexibility index (Phi) is 118. The van der Waals surface area contributed by atoms with Crippen LogP contribution in [0.4, 0.5) is 0 Å². The van der Waals surface area contributed by atoms with Crippen molar-refractivity contribution in [2.24, 2.45) is 0 Å². The average Bonchev–Trinajstić information content (AvgIpc) is 2.51. The summed E-state index contributed by atoms with van der Waals surface area (Å²) in [4.78, 5) is 0. The molecule has 12 nitrogen and oxygen atoms in total. The maximum atomic E-state index is 5.39. The van der Waals surface area contributed by atoms with Gasteiger partial charge in [0.25, 0.3) is 0 Å². The summed E-state index contributed by atoms with van der Waals surface area (Å²) in [7, 11) is 6.68. The first-order valence-electron chi connectivity index (χ1n) is 7.67. The van der Waals surface area contributed by atoms with Gasteiger partial charge in [-0.15, -0.1) is 0 Å². The largest absolute Gasteiger partial charge is 0.412 e. The van der Waals surface area contributed by atoms with Gasteiger partial charge in [-0.3, -0.25) is 0 Å². The van der Waals surface area contributed by atoms with Gasteiger partial charge in [-0.25, -0.2) is 0 Å². The molecule has 0 aromatic rings. The second-order valence-electron chi connectivity index (χ2n) is 5.29. The van der Waals surface area contributed by atoms with Crippen molar-refractivity contribution in [1.82, 2.24) is 0 Å². The van der Waals surface area contributed by atoms with Gasteiger partial charge in [0.1, 0.15) is 17.4 Å². The van der Waals surface area contributed by atoms with E-state index < -0.39 is 0 Å². The second kappa shape index (κ2) is 52.5. The van der Waals surface area contributed by atoms with Crippen LogP contribution in [0.25, 0.3) is 0 Å². The Morgan fingerprint density at radius 1 is 0.484 bits per heavy atom. The maximum Gasteiger partial charge on any atom is 0.146 e. The summed E-state index contributed by atoms with van der Waals surface area (Å²) >= 11 is 0. The third-order valence-electron chi connectivity index (χ3n) is 2.84. The molecular weight excluding hydrogens is 450 g/mol. The quantitative estimate of drug-likeness (QED) is 0.244. The summed E-state index contributed by atoms with van der Waals surface area (Å²) in [6.45, 7) is 10.4. The van der Waals surface area contributed by atoms with Crippen LogP contribution < -0.4 is 0 Å². The average molecular weight is 505 g/mol. The third kappa shape index (κ3) is 59.0. The minimum atomic E-state index is 0. The number of methoxy groups -OCH3 is 4. The van der Waals surface area contributed by atoms with E-state index in [2.05, 4.69) is 0 Å². The molecule has 0 aliphatic carbocycles. The van der Waals surface area contributed by atoms with Crippen molar-refractivity contribution in [2.45, 2.75) is 59.5 Å². The van der Waals surface area contributed by atoms with E-state index in [1.807, 2.05) is 27.7 Å². The molecule has 0 aromatic carbocycles. The van der Waals surface area contributed by atoms with Crippen molar-refractivity contribution in [2.75, 3.05) is 54.9 Å². The molecule has 0 aliphatic rings. The van der Waals surface area contributed by atoms with Gasteiger partial charge in [0.05, 0.1) is 50.8 Å². The molecule has 0 amide bonds. The summed E-state index contributed by atoms with van der Waals surface area (Å²) in [5, 5.41) is 0. The summed E-state index contributed by atoms with van der Waals surface area (Å²) < 4.78 is 30.6. The second-order valence-corrected chi connectivity index (χ2v) is 5.29. The molecule has 0 heterocycles. The molecule has 0 aliphatic heterocycles. The molecule has 12 N–H and O–H groups in total. The molecule has 4 atom stereocenters. The van der Waals surface area contributed by atoms with E-state index in [-0.39, 0.29) is 99.4 Å². The van der Waals surface area contributed by atoms with Crippen molar-refractivity contribution < 1.29 is 61.3 Å². The van der Waals surface area contributed by atoms with Crippen LogP contribution in [0.1, 0.15) is 35.1 Å². The molecule has 0 saturated heterocycles. The van der Waals surface area contributed by atoms with Gasteiger partial charge in [0.2, 0.25) is 0 Å². The minimum absolute atomic E-state index is 0. The summed E-state index contributed by atoms with van der Waals surface area (Å²) in [5.41, 5.74) is 0. The number of hydrogen-bond acceptors (Lipinski definition) is 6. The molecule has 0 rings (SSSR count). The van der Waals surface area contributed by atoms with E-state index in [0.717, 1.165) is 0 Å². The van der Waals surface area contributed by atoms with Crippen molar-refractivity contribution in [3.8, 4) is 0 Å². The zero-order valence-corrected chi connectivity index (χ0v) is 23.3. The van der Waals surface area contributed by atoms with Crippen LogP contribution in [0.2, 0.25) is 0 Å². The van der Waals surface area contributed by atoms with Gasteiger partial charge < -0.3 is 61.3 Å². The van der Waals surface area contributed by atoms with Gasteiger partial charge in [-0.1, -0.05) is 7.43 Å². The van der Waals surface area contributed by atoms with Crippen LogP contribution in [0.5, 0.6) is 0 Å². The van der Waals surface area contributed by atoms with Crippen LogP contribution in [-0.4, -0.2) is 147 Å². The van der Waals surface area contributed by atoms with Crippen molar-refractivity contribution in [3.63, 3.8) is 0 Å². The van der Waals surface area contributed by atoms with Crippen LogP contribution in [0.15, 0.2) is 0 Å². The molecule has 0 bridgehead atoms. The summed E-state index contributed by atoms with van der Waals surface area (Å²) in [6.07, 6.45) is 0.624. The van der Waals surface area contributed by atoms with Crippen LogP contribution >= 0.6 is 0 Å². The van der Waals surface area contributed by atoms with Gasteiger partial charge in [-0.05, 0) is 27.7 Å². The van der Waals surface area contributed by atoms with Gasteiger partial charge in [0, 0.05) is 45.8 Å². The summed E-state index contributed by atoms with van der Waals surface area (Å²) in [6, 6.07) is 0. The lowest BCUT2D eigenvalue weighted by atomic mass is 10.4. The lowest BCUT2D eigenvalue weighted by Gasteiger charge is -2.14. The Bertz CT molecular complexity index is 213. The predicted molar refractivity (Wildman–Crippen MR) is 130 cm³/mol. The Morgan fingerprint density at radius 2 is 0.710 bits per heavy atom. The molecule has 14 heteroatoms. The lowest BCUT2D eigenvalue weighted by molar-refractivity contribution is -0.0386. The Morgan fingerprint density at radius 3 is 0.871 bits per heavy atom. The van der Waals surface area contributed by atoms with E-state index in [4.69, 9.17) is 28.4 Å². The smallest absolute Gasteiger partial charge is 0.146 e. The van der Waals surface area contributed by atoms with Gasteiger partial charge in [-0.2, -0.15) is 0 Å². The minimum Gasteiger partial charge on any atom is -0.412 e. The predicted octanol–water partition coefficient (Wildman–Crippen LogP) is -3.46. The van der Waals surface area contributed by atoms with Crippen molar-refractivity contribution in [3.05, 3.63) is 0 Å². The van der Waals surface area contributed by atoms with E-state index in [1.165, 1.54) is 0 Å². The molecule has 31 heavy (non-hydrogen) atoms. The maximum absolute atomic E-state index is 5.39. The highest BCUT2D eigenvalue weighted by molar-refractivity contribution is 5.76. The molecule has 200 valence electrons. The van der Waals surface area contributed by atoms with E-state index in [1.54, 1.807) is 28.4 Å². The zero-order chi connectivity index (χ0) is 17.4. The molecular formula is C17H54Al2O12. The SMILES string of the molecule is C.COCC(C)OCC(C)OC.COCC(C)OCC(C)OC.O.O.O.O.O.O.[AlH2].[Al]. The first kappa shape index (κ1) is 69.7. The Balaban J connectivity index is -0.0000000222. The number of hydrogen-bond donors (Lipinski definition) is 0. The Hall–Kier alpha value is 0.585. The molecule has 4 radical (unpaired) electrons. The van der Waals surface area contributed by atoms with E-state index in [9.17, 15) is 0 Å². The van der Waals surface area contributed by atoms with Gasteiger partial charge >= 0.3 is 0 Å². The molecule has 0 saturated carbocycles. The standard InChI is InChI=1S/2C8H18O3.CH4.2Al.6H2O.2H/c2*1-7(10-4)6-11-8(2)5-9-3;;;;;;;;;;;/h2*7-8H,5-6H2,1-4H3;1H4;;;6*1H2;;. The zero-order valence-electron chi connectivity index (χ0n) is 20.2. The van der Waals surface area contributed by atoms with Crippen LogP contribution in [-0.2, 0) is 28.4 Å². The topological polar surface area (TPSA) is 244 Å². The third-order valence-corrected chi connectivity index (χ3v) is 2.84. The highest BCUT2D eigenvalue weighted by Crippen LogP contribution is 1.96. The number of ether oxygens (including phenoxy) is 6. The monoisotopic (exact) mass is 504 g/mol. The fourth-order valence-electron chi connectivity index (χ4n) is 1.30. The van der Waals surface area contributed by atoms with Gasteiger partial charge in [0.15, 0.2) is 0 Å². The van der Waals surface area contributed by atoms with E-state index >= 15 is 0 Å².